The monoisotopic (exact) mass is 431 g/mol. The number of rotatable bonds is 6. The second kappa shape index (κ2) is 9.53. The van der Waals surface area contributed by atoms with E-state index in [4.69, 9.17) is 14.2 Å². The first-order valence-corrected chi connectivity index (χ1v) is 10.8. The number of nitrogens with zero attached hydrogens (tertiary/aromatic N) is 1. The largest absolute Gasteiger partial charge is 0.493 e. The summed E-state index contributed by atoms with van der Waals surface area (Å²) in [7, 11) is 1.59. The zero-order valence-corrected chi connectivity index (χ0v) is 17.8. The highest BCUT2D eigenvalue weighted by Crippen LogP contribution is 2.36. The SMILES string of the molecule is COc1cc(CN2CCC3(CC2)OCC[C@H](O)[C@@H]3O)ccc1OCc1ccccc1F. The molecule has 2 heterocycles. The quantitative estimate of drug-likeness (QED) is 0.733. The fourth-order valence-electron chi connectivity index (χ4n) is 4.47. The fourth-order valence-corrected chi connectivity index (χ4v) is 4.47. The first-order valence-electron chi connectivity index (χ1n) is 10.8. The lowest BCUT2D eigenvalue weighted by atomic mass is 9.80. The fraction of sp³-hybridized carbons (Fsp3) is 0.500. The number of hydrogen-bond donors (Lipinski definition) is 2. The standard InChI is InChI=1S/C24H30FNO5/c1-29-22-14-17(6-7-21(22)30-16-18-4-2-3-5-19(18)25)15-26-11-9-24(10-12-26)23(28)20(27)8-13-31-24/h2-7,14,20,23,27-28H,8-13,15-16H2,1H3/t20-,23-/m0/s1. The van der Waals surface area contributed by atoms with Crippen molar-refractivity contribution in [2.45, 2.75) is 50.2 Å². The highest BCUT2D eigenvalue weighted by molar-refractivity contribution is 5.43. The van der Waals surface area contributed by atoms with E-state index in [1.807, 2.05) is 18.2 Å². The van der Waals surface area contributed by atoms with E-state index in [-0.39, 0.29) is 12.4 Å². The van der Waals surface area contributed by atoms with Gasteiger partial charge in [-0.2, -0.15) is 0 Å². The van der Waals surface area contributed by atoms with Crippen LogP contribution in [-0.2, 0) is 17.9 Å². The molecule has 0 saturated carbocycles. The molecule has 0 aliphatic carbocycles. The van der Waals surface area contributed by atoms with Crippen molar-refractivity contribution < 1.29 is 28.8 Å². The number of ether oxygens (including phenoxy) is 3. The molecule has 1 spiro atoms. The number of aliphatic hydroxyl groups is 2. The average Bonchev–Trinajstić information content (AvgIpc) is 2.79. The van der Waals surface area contributed by atoms with Crippen molar-refractivity contribution in [3.63, 3.8) is 0 Å². The van der Waals surface area contributed by atoms with Crippen molar-refractivity contribution >= 4 is 0 Å². The molecule has 2 aliphatic rings. The molecule has 2 aromatic rings. The van der Waals surface area contributed by atoms with Crippen LogP contribution in [0.5, 0.6) is 11.5 Å². The highest BCUT2D eigenvalue weighted by Gasteiger charge is 2.47. The maximum Gasteiger partial charge on any atom is 0.161 e. The number of hydrogen-bond acceptors (Lipinski definition) is 6. The predicted octanol–water partition coefficient (Wildman–Crippen LogP) is 2.89. The summed E-state index contributed by atoms with van der Waals surface area (Å²) in [4.78, 5) is 2.30. The molecule has 6 nitrogen and oxygen atoms in total. The lowest BCUT2D eigenvalue weighted by Gasteiger charge is -2.48. The van der Waals surface area contributed by atoms with E-state index in [1.54, 1.807) is 25.3 Å². The summed E-state index contributed by atoms with van der Waals surface area (Å²) >= 11 is 0. The third kappa shape index (κ3) is 4.85. The highest BCUT2D eigenvalue weighted by atomic mass is 19.1. The van der Waals surface area contributed by atoms with Gasteiger partial charge >= 0.3 is 0 Å². The van der Waals surface area contributed by atoms with Crippen molar-refractivity contribution in [2.75, 3.05) is 26.8 Å². The lowest BCUT2D eigenvalue weighted by molar-refractivity contribution is -0.214. The Hall–Kier alpha value is -2.19. The van der Waals surface area contributed by atoms with Gasteiger partial charge in [0, 0.05) is 25.2 Å². The maximum atomic E-state index is 13.8. The number of likely N-dealkylation sites (tertiary alicyclic amines) is 1. The first-order chi connectivity index (χ1) is 15.0. The van der Waals surface area contributed by atoms with Gasteiger partial charge in [-0.25, -0.2) is 4.39 Å². The Kier molecular flexibility index (Phi) is 6.77. The van der Waals surface area contributed by atoms with Gasteiger partial charge in [-0.1, -0.05) is 24.3 Å². The number of aliphatic hydroxyl groups excluding tert-OH is 2. The van der Waals surface area contributed by atoms with E-state index in [0.29, 0.717) is 42.9 Å². The minimum absolute atomic E-state index is 0.130. The van der Waals surface area contributed by atoms with E-state index >= 15 is 0 Å². The Balaban J connectivity index is 1.36. The molecule has 0 radical (unpaired) electrons. The van der Waals surface area contributed by atoms with E-state index < -0.39 is 17.8 Å². The Bertz CT molecular complexity index is 884. The summed E-state index contributed by atoms with van der Waals surface area (Å²) in [5.41, 5.74) is 0.945. The molecule has 31 heavy (non-hydrogen) atoms. The summed E-state index contributed by atoms with van der Waals surface area (Å²) in [5.74, 6) is 0.886. The molecule has 2 atom stereocenters. The molecule has 0 unspecified atom stereocenters. The average molecular weight is 432 g/mol. The van der Waals surface area contributed by atoms with Crippen LogP contribution < -0.4 is 9.47 Å². The van der Waals surface area contributed by atoms with Gasteiger partial charge in [-0.3, -0.25) is 4.90 Å². The first kappa shape index (κ1) is 22.0. The molecule has 168 valence electrons. The Morgan fingerprint density at radius 1 is 1.13 bits per heavy atom. The molecule has 0 aromatic heterocycles. The van der Waals surface area contributed by atoms with Crippen molar-refractivity contribution in [3.8, 4) is 11.5 Å². The molecule has 2 aliphatic heterocycles. The van der Waals surface area contributed by atoms with Crippen LogP contribution >= 0.6 is 0 Å². The molecule has 0 amide bonds. The molecule has 2 saturated heterocycles. The molecule has 2 N–H and O–H groups in total. The van der Waals surface area contributed by atoms with Crippen LogP contribution in [0.3, 0.4) is 0 Å². The summed E-state index contributed by atoms with van der Waals surface area (Å²) in [5, 5.41) is 20.5. The van der Waals surface area contributed by atoms with Crippen LogP contribution in [0.1, 0.15) is 30.4 Å². The van der Waals surface area contributed by atoms with Crippen LogP contribution in [0.4, 0.5) is 4.39 Å². The molecule has 4 rings (SSSR count). The summed E-state index contributed by atoms with van der Waals surface area (Å²) in [6.07, 6.45) is 0.326. The smallest absolute Gasteiger partial charge is 0.161 e. The zero-order chi connectivity index (χ0) is 21.8. The van der Waals surface area contributed by atoms with Crippen molar-refractivity contribution in [1.82, 2.24) is 4.90 Å². The predicted molar refractivity (Wildman–Crippen MR) is 114 cm³/mol. The van der Waals surface area contributed by atoms with Crippen molar-refractivity contribution in [3.05, 3.63) is 59.4 Å². The number of benzene rings is 2. The van der Waals surface area contributed by atoms with Gasteiger partial charge in [0.05, 0.1) is 25.4 Å². The van der Waals surface area contributed by atoms with Crippen molar-refractivity contribution in [2.24, 2.45) is 0 Å². The minimum Gasteiger partial charge on any atom is -0.493 e. The van der Waals surface area contributed by atoms with E-state index in [9.17, 15) is 14.6 Å². The molecule has 2 aromatic carbocycles. The summed E-state index contributed by atoms with van der Waals surface area (Å²) in [6, 6.07) is 12.3. The van der Waals surface area contributed by atoms with Crippen LogP contribution in [0.25, 0.3) is 0 Å². The summed E-state index contributed by atoms with van der Waals surface area (Å²) < 4.78 is 31.0. The van der Waals surface area contributed by atoms with Gasteiger partial charge in [0.25, 0.3) is 0 Å². The molecule has 0 bridgehead atoms. The maximum absolute atomic E-state index is 13.8. The van der Waals surface area contributed by atoms with Gasteiger partial charge in [0.2, 0.25) is 0 Å². The van der Waals surface area contributed by atoms with Crippen LogP contribution in [0, 0.1) is 5.82 Å². The molecule has 2 fully saturated rings. The van der Waals surface area contributed by atoms with Crippen LogP contribution in [-0.4, -0.2) is 59.7 Å². The van der Waals surface area contributed by atoms with Gasteiger partial charge in [0.15, 0.2) is 11.5 Å². The molecular weight excluding hydrogens is 401 g/mol. The number of piperidine rings is 1. The Morgan fingerprint density at radius 2 is 1.90 bits per heavy atom. The van der Waals surface area contributed by atoms with Crippen molar-refractivity contribution in [1.29, 1.82) is 0 Å². The molecule has 7 heteroatoms. The van der Waals surface area contributed by atoms with Gasteiger partial charge in [0.1, 0.15) is 18.5 Å². The molecular formula is C24H30FNO5. The van der Waals surface area contributed by atoms with E-state index in [0.717, 1.165) is 25.2 Å². The van der Waals surface area contributed by atoms with Crippen LogP contribution in [0.2, 0.25) is 0 Å². The number of methoxy groups -OCH3 is 1. The second-order valence-electron chi connectivity index (χ2n) is 8.36. The minimum atomic E-state index is -0.825. The van der Waals surface area contributed by atoms with Gasteiger partial charge < -0.3 is 24.4 Å². The van der Waals surface area contributed by atoms with Gasteiger partial charge in [-0.05, 0) is 43.0 Å². The Morgan fingerprint density at radius 3 is 2.65 bits per heavy atom. The summed E-state index contributed by atoms with van der Waals surface area (Å²) in [6.45, 7) is 2.91. The third-order valence-electron chi connectivity index (χ3n) is 6.38. The normalized spacial score (nSPS) is 23.6. The lowest BCUT2D eigenvalue weighted by Crippen LogP contribution is -2.59. The number of halogens is 1. The zero-order valence-electron chi connectivity index (χ0n) is 17.8. The van der Waals surface area contributed by atoms with Crippen LogP contribution in [0.15, 0.2) is 42.5 Å². The third-order valence-corrected chi connectivity index (χ3v) is 6.38. The topological polar surface area (TPSA) is 71.4 Å². The van der Waals surface area contributed by atoms with Gasteiger partial charge in [-0.15, -0.1) is 0 Å². The second-order valence-corrected chi connectivity index (χ2v) is 8.36. The van der Waals surface area contributed by atoms with E-state index in [2.05, 4.69) is 4.90 Å². The Labute approximate surface area is 182 Å². The van der Waals surface area contributed by atoms with E-state index in [1.165, 1.54) is 6.07 Å².